The highest BCUT2D eigenvalue weighted by atomic mass is 35.5. The van der Waals surface area contributed by atoms with Gasteiger partial charge in [0.2, 0.25) is 5.91 Å². The maximum absolute atomic E-state index is 13.4. The molecular formula is C20H17ClFNO4. The van der Waals surface area contributed by atoms with Crippen LogP contribution in [0, 0.1) is 5.82 Å². The number of hydrogen-bond acceptors (Lipinski definition) is 3. The summed E-state index contributed by atoms with van der Waals surface area (Å²) in [4.78, 5) is 24.0. The second kappa shape index (κ2) is 6.53. The Balaban J connectivity index is 1.55. The van der Waals surface area contributed by atoms with E-state index in [1.54, 1.807) is 12.1 Å². The predicted molar refractivity (Wildman–Crippen MR) is 98.0 cm³/mol. The molecule has 1 aliphatic carbocycles. The number of carboxylic acid groups (broad SMARTS) is 1. The molecule has 1 heterocycles. The number of rotatable bonds is 3. The van der Waals surface area contributed by atoms with Gasteiger partial charge in [0.05, 0.1) is 22.1 Å². The van der Waals surface area contributed by atoms with Crippen molar-refractivity contribution in [2.45, 2.75) is 37.2 Å². The molecule has 2 aromatic rings. The molecule has 27 heavy (non-hydrogen) atoms. The maximum atomic E-state index is 13.4. The summed E-state index contributed by atoms with van der Waals surface area (Å²) in [5.41, 5.74) is 0.813. The maximum Gasteiger partial charge on any atom is 0.335 e. The van der Waals surface area contributed by atoms with Crippen molar-refractivity contribution >= 4 is 29.2 Å². The van der Waals surface area contributed by atoms with Crippen LogP contribution in [0.25, 0.3) is 0 Å². The van der Waals surface area contributed by atoms with Crippen molar-refractivity contribution in [2.75, 3.05) is 5.32 Å². The van der Waals surface area contributed by atoms with Gasteiger partial charge in [-0.05, 0) is 61.6 Å². The third kappa shape index (κ3) is 3.04. The number of ether oxygens (including phenoxy) is 1. The SMILES string of the molecule is O=C(O)c1ccc2c(c1)[C@]1(CC[C@@H](Oc3cc(F)ccc3Cl)CC1)C(=O)N2. The fourth-order valence-corrected chi connectivity index (χ4v) is 4.15. The average molecular weight is 390 g/mol. The van der Waals surface area contributed by atoms with Crippen LogP contribution in [0.15, 0.2) is 36.4 Å². The summed E-state index contributed by atoms with van der Waals surface area (Å²) in [5.74, 6) is -1.26. The predicted octanol–water partition coefficient (Wildman–Crippen LogP) is 4.39. The molecule has 1 amide bonds. The fourth-order valence-electron chi connectivity index (χ4n) is 3.99. The standard InChI is InChI=1S/C20H17ClFNO4/c21-15-3-2-12(22)10-17(15)27-13-5-7-20(8-6-13)14-9-11(18(24)25)1-4-16(14)23-19(20)26/h1-4,9-10,13H,5-8H2,(H,23,26)(H,24,25)/t13-,20-. The molecule has 4 rings (SSSR count). The van der Waals surface area contributed by atoms with Crippen LogP contribution in [0.4, 0.5) is 10.1 Å². The van der Waals surface area contributed by atoms with Crippen molar-refractivity contribution in [3.8, 4) is 5.75 Å². The highest BCUT2D eigenvalue weighted by molar-refractivity contribution is 6.32. The first-order valence-electron chi connectivity index (χ1n) is 8.70. The molecule has 140 valence electrons. The molecule has 0 bridgehead atoms. The number of carbonyl (C=O) groups excluding carboxylic acids is 1. The lowest BCUT2D eigenvalue weighted by molar-refractivity contribution is -0.122. The van der Waals surface area contributed by atoms with Crippen molar-refractivity contribution in [3.05, 3.63) is 58.4 Å². The molecule has 0 atom stereocenters. The molecule has 1 fully saturated rings. The fraction of sp³-hybridized carbons (Fsp3) is 0.300. The second-order valence-corrected chi connectivity index (χ2v) is 7.40. The number of hydrogen-bond donors (Lipinski definition) is 2. The van der Waals surface area contributed by atoms with E-state index in [9.17, 15) is 19.1 Å². The zero-order valence-corrected chi connectivity index (χ0v) is 15.1. The van der Waals surface area contributed by atoms with Crippen LogP contribution >= 0.6 is 11.6 Å². The first-order chi connectivity index (χ1) is 12.9. The number of carboxylic acids is 1. The number of halogens is 2. The zero-order chi connectivity index (χ0) is 19.2. The Hall–Kier alpha value is -2.60. The third-order valence-corrected chi connectivity index (χ3v) is 5.75. The van der Waals surface area contributed by atoms with Gasteiger partial charge in [-0.2, -0.15) is 0 Å². The summed E-state index contributed by atoms with van der Waals surface area (Å²) >= 11 is 6.06. The van der Waals surface area contributed by atoms with Gasteiger partial charge in [-0.1, -0.05) is 11.6 Å². The largest absolute Gasteiger partial charge is 0.489 e. The number of amides is 1. The van der Waals surface area contributed by atoms with E-state index in [-0.39, 0.29) is 17.6 Å². The first kappa shape index (κ1) is 17.8. The van der Waals surface area contributed by atoms with Crippen LogP contribution in [0.1, 0.15) is 41.6 Å². The Bertz CT molecular complexity index is 938. The topological polar surface area (TPSA) is 75.6 Å². The van der Waals surface area contributed by atoms with Crippen molar-refractivity contribution < 1.29 is 23.8 Å². The Morgan fingerprint density at radius 1 is 1.22 bits per heavy atom. The summed E-state index contributed by atoms with van der Waals surface area (Å²) in [6.07, 6.45) is 2.02. The number of anilines is 1. The minimum atomic E-state index is -1.02. The van der Waals surface area contributed by atoms with Gasteiger partial charge < -0.3 is 15.2 Å². The molecule has 7 heteroatoms. The summed E-state index contributed by atoms with van der Waals surface area (Å²) in [7, 11) is 0. The lowest BCUT2D eigenvalue weighted by Crippen LogP contribution is -2.41. The van der Waals surface area contributed by atoms with Crippen LogP contribution in [0.2, 0.25) is 5.02 Å². The molecule has 0 aromatic heterocycles. The van der Waals surface area contributed by atoms with Gasteiger partial charge in [-0.25, -0.2) is 9.18 Å². The highest BCUT2D eigenvalue weighted by Gasteiger charge is 2.49. The van der Waals surface area contributed by atoms with Crippen LogP contribution in [0.5, 0.6) is 5.75 Å². The van der Waals surface area contributed by atoms with Gasteiger partial charge in [-0.3, -0.25) is 4.79 Å². The molecule has 2 N–H and O–H groups in total. The molecule has 1 spiro atoms. The number of benzene rings is 2. The van der Waals surface area contributed by atoms with Gasteiger partial charge >= 0.3 is 5.97 Å². The van der Waals surface area contributed by atoms with Gasteiger partial charge in [0.25, 0.3) is 0 Å². The monoisotopic (exact) mass is 389 g/mol. The molecule has 0 saturated heterocycles. The molecule has 1 saturated carbocycles. The Kier molecular flexibility index (Phi) is 4.30. The van der Waals surface area contributed by atoms with Gasteiger partial charge in [0, 0.05) is 11.8 Å². The third-order valence-electron chi connectivity index (χ3n) is 5.44. The van der Waals surface area contributed by atoms with E-state index in [0.717, 1.165) is 5.56 Å². The van der Waals surface area contributed by atoms with E-state index >= 15 is 0 Å². The van der Waals surface area contributed by atoms with E-state index in [1.165, 1.54) is 24.3 Å². The Labute approximate surface area is 160 Å². The van der Waals surface area contributed by atoms with E-state index in [1.807, 2.05) is 0 Å². The quantitative estimate of drug-likeness (QED) is 0.816. The number of fused-ring (bicyclic) bond motifs is 2. The lowest BCUT2D eigenvalue weighted by atomic mass is 9.69. The van der Waals surface area contributed by atoms with Crippen molar-refractivity contribution in [2.24, 2.45) is 0 Å². The molecule has 0 radical (unpaired) electrons. The smallest absolute Gasteiger partial charge is 0.335 e. The molecule has 1 aliphatic heterocycles. The number of carbonyl (C=O) groups is 2. The molecule has 2 aliphatic rings. The highest BCUT2D eigenvalue weighted by Crippen LogP contribution is 2.48. The minimum absolute atomic E-state index is 0.109. The zero-order valence-electron chi connectivity index (χ0n) is 14.3. The van der Waals surface area contributed by atoms with Gasteiger partial charge in [0.15, 0.2) is 0 Å². The van der Waals surface area contributed by atoms with E-state index < -0.39 is 17.2 Å². The van der Waals surface area contributed by atoms with Crippen LogP contribution in [0.3, 0.4) is 0 Å². The van der Waals surface area contributed by atoms with Gasteiger partial charge in [-0.15, -0.1) is 0 Å². The van der Waals surface area contributed by atoms with E-state index in [2.05, 4.69) is 5.32 Å². The molecule has 5 nitrogen and oxygen atoms in total. The minimum Gasteiger partial charge on any atom is -0.489 e. The van der Waals surface area contributed by atoms with Gasteiger partial charge in [0.1, 0.15) is 11.6 Å². The van der Waals surface area contributed by atoms with Crippen LogP contribution in [-0.2, 0) is 10.2 Å². The van der Waals surface area contributed by atoms with Crippen LogP contribution in [-0.4, -0.2) is 23.1 Å². The number of aromatic carboxylic acids is 1. The summed E-state index contributed by atoms with van der Waals surface area (Å²) in [6.45, 7) is 0. The van der Waals surface area contributed by atoms with Crippen molar-refractivity contribution in [1.29, 1.82) is 0 Å². The molecule has 0 unspecified atom stereocenters. The number of nitrogens with one attached hydrogen (secondary N) is 1. The first-order valence-corrected chi connectivity index (χ1v) is 9.08. The average Bonchev–Trinajstić information content (AvgIpc) is 2.91. The van der Waals surface area contributed by atoms with Crippen molar-refractivity contribution in [1.82, 2.24) is 0 Å². The normalized spacial score (nSPS) is 23.8. The Morgan fingerprint density at radius 2 is 1.96 bits per heavy atom. The molecule has 2 aromatic carbocycles. The summed E-state index contributed by atoms with van der Waals surface area (Å²) in [5, 5.41) is 12.5. The van der Waals surface area contributed by atoms with E-state index in [4.69, 9.17) is 16.3 Å². The van der Waals surface area contributed by atoms with Crippen molar-refractivity contribution in [3.63, 3.8) is 0 Å². The Morgan fingerprint density at radius 3 is 2.67 bits per heavy atom. The summed E-state index contributed by atoms with van der Waals surface area (Å²) < 4.78 is 19.3. The second-order valence-electron chi connectivity index (χ2n) is 6.99. The van der Waals surface area contributed by atoms with E-state index in [0.29, 0.717) is 42.1 Å². The summed E-state index contributed by atoms with van der Waals surface area (Å²) in [6, 6.07) is 8.68. The molecular weight excluding hydrogens is 373 g/mol. The lowest BCUT2D eigenvalue weighted by Gasteiger charge is -2.36. The van der Waals surface area contributed by atoms with Crippen LogP contribution < -0.4 is 10.1 Å².